The Kier molecular flexibility index (Phi) is 2.99. The van der Waals surface area contributed by atoms with E-state index >= 15 is 0 Å². The van der Waals surface area contributed by atoms with Crippen molar-refractivity contribution in [1.29, 1.82) is 0 Å². The van der Waals surface area contributed by atoms with E-state index in [9.17, 15) is 4.79 Å². The lowest BCUT2D eigenvalue weighted by Gasteiger charge is -2.18. The van der Waals surface area contributed by atoms with Crippen molar-refractivity contribution in [2.45, 2.75) is 19.4 Å². The van der Waals surface area contributed by atoms with Gasteiger partial charge >= 0.3 is 6.03 Å². The van der Waals surface area contributed by atoms with Gasteiger partial charge in [0.05, 0.1) is 0 Å². The number of carbonyl (C=O) groups is 1. The number of furan rings is 1. The van der Waals surface area contributed by atoms with Crippen LogP contribution in [-0.4, -0.2) is 37.1 Å². The zero-order chi connectivity index (χ0) is 12.5. The number of aryl methyl sites for hydroxylation is 1. The summed E-state index contributed by atoms with van der Waals surface area (Å²) in [7, 11) is 0. The third-order valence-corrected chi connectivity index (χ3v) is 3.73. The summed E-state index contributed by atoms with van der Waals surface area (Å²) in [5.74, 6) is 2.33. The summed E-state index contributed by atoms with van der Waals surface area (Å²) in [6.45, 7) is 5.56. The van der Waals surface area contributed by atoms with Crippen LogP contribution in [0.1, 0.15) is 24.0 Å². The van der Waals surface area contributed by atoms with Crippen molar-refractivity contribution in [3.05, 3.63) is 23.7 Å². The van der Waals surface area contributed by atoms with Crippen molar-refractivity contribution >= 4 is 6.03 Å². The predicted octanol–water partition coefficient (Wildman–Crippen LogP) is 1.26. The number of amides is 2. The molecule has 3 rings (SSSR count). The van der Waals surface area contributed by atoms with Gasteiger partial charge in [0.25, 0.3) is 0 Å². The number of urea groups is 1. The van der Waals surface area contributed by atoms with E-state index in [2.05, 4.69) is 10.6 Å². The van der Waals surface area contributed by atoms with Gasteiger partial charge in [0.2, 0.25) is 0 Å². The highest BCUT2D eigenvalue weighted by molar-refractivity contribution is 5.77. The second-order valence-electron chi connectivity index (χ2n) is 5.21. The van der Waals surface area contributed by atoms with Gasteiger partial charge in [-0.15, -0.1) is 0 Å². The van der Waals surface area contributed by atoms with E-state index in [1.165, 1.54) is 0 Å². The van der Waals surface area contributed by atoms with Crippen molar-refractivity contribution < 1.29 is 9.21 Å². The van der Waals surface area contributed by atoms with Crippen molar-refractivity contribution in [3.8, 4) is 0 Å². The van der Waals surface area contributed by atoms with Crippen LogP contribution in [0.25, 0.3) is 0 Å². The van der Waals surface area contributed by atoms with Gasteiger partial charge in [0.1, 0.15) is 17.6 Å². The molecule has 0 spiro atoms. The molecule has 1 aromatic heterocycles. The summed E-state index contributed by atoms with van der Waals surface area (Å²) >= 11 is 0. The van der Waals surface area contributed by atoms with Gasteiger partial charge in [-0.3, -0.25) is 0 Å². The molecule has 3 heterocycles. The summed E-state index contributed by atoms with van der Waals surface area (Å²) in [6.07, 6.45) is 1.16. The van der Waals surface area contributed by atoms with E-state index in [1.807, 2.05) is 24.0 Å². The van der Waals surface area contributed by atoms with Crippen LogP contribution in [0.5, 0.6) is 0 Å². The third-order valence-electron chi connectivity index (χ3n) is 3.73. The SMILES string of the molecule is Cc1ccc(C2CN(CC3CCNC3)C(=O)N2)o1. The molecule has 2 amide bonds. The van der Waals surface area contributed by atoms with Gasteiger partial charge in [-0.05, 0) is 44.5 Å². The second kappa shape index (κ2) is 4.65. The molecule has 0 bridgehead atoms. The van der Waals surface area contributed by atoms with Crippen LogP contribution < -0.4 is 10.6 Å². The smallest absolute Gasteiger partial charge is 0.318 e. The van der Waals surface area contributed by atoms with Crippen LogP contribution in [-0.2, 0) is 0 Å². The fourth-order valence-corrected chi connectivity index (χ4v) is 2.73. The van der Waals surface area contributed by atoms with Gasteiger partial charge in [0, 0.05) is 13.1 Å². The summed E-state index contributed by atoms with van der Waals surface area (Å²) < 4.78 is 5.58. The molecular formula is C13H19N3O2. The van der Waals surface area contributed by atoms with Gasteiger partial charge in [-0.1, -0.05) is 0 Å². The Labute approximate surface area is 107 Å². The summed E-state index contributed by atoms with van der Waals surface area (Å²) in [5.41, 5.74) is 0. The molecule has 2 N–H and O–H groups in total. The van der Waals surface area contributed by atoms with Crippen molar-refractivity contribution in [1.82, 2.24) is 15.5 Å². The Balaban J connectivity index is 1.62. The lowest BCUT2D eigenvalue weighted by atomic mass is 10.1. The summed E-state index contributed by atoms with van der Waals surface area (Å²) in [4.78, 5) is 13.8. The fourth-order valence-electron chi connectivity index (χ4n) is 2.73. The predicted molar refractivity (Wildman–Crippen MR) is 67.3 cm³/mol. The first kappa shape index (κ1) is 11.6. The highest BCUT2D eigenvalue weighted by Gasteiger charge is 2.33. The minimum atomic E-state index is 0.000521. The Bertz CT molecular complexity index is 437. The molecule has 0 saturated carbocycles. The number of hydrogen-bond donors (Lipinski definition) is 2. The first-order valence-corrected chi connectivity index (χ1v) is 6.55. The first-order chi connectivity index (χ1) is 8.72. The van der Waals surface area contributed by atoms with E-state index in [0.29, 0.717) is 12.5 Å². The maximum Gasteiger partial charge on any atom is 0.318 e. The first-order valence-electron chi connectivity index (χ1n) is 6.55. The fraction of sp³-hybridized carbons (Fsp3) is 0.615. The lowest BCUT2D eigenvalue weighted by molar-refractivity contribution is 0.210. The van der Waals surface area contributed by atoms with Crippen LogP contribution in [0.15, 0.2) is 16.5 Å². The minimum Gasteiger partial charge on any atom is -0.464 e. The Morgan fingerprint density at radius 2 is 2.39 bits per heavy atom. The summed E-state index contributed by atoms with van der Waals surface area (Å²) in [6, 6.07) is 3.91. The number of rotatable bonds is 3. The van der Waals surface area contributed by atoms with Crippen LogP contribution in [0.3, 0.4) is 0 Å². The molecule has 0 aliphatic carbocycles. The third kappa shape index (κ3) is 2.22. The molecule has 2 fully saturated rings. The highest BCUT2D eigenvalue weighted by Crippen LogP contribution is 2.23. The van der Waals surface area contributed by atoms with E-state index in [0.717, 1.165) is 37.6 Å². The zero-order valence-corrected chi connectivity index (χ0v) is 10.6. The quantitative estimate of drug-likeness (QED) is 0.848. The van der Waals surface area contributed by atoms with Crippen molar-refractivity contribution in [3.63, 3.8) is 0 Å². The number of nitrogens with one attached hydrogen (secondary N) is 2. The molecule has 0 aromatic carbocycles. The Hall–Kier alpha value is -1.49. The molecule has 2 aliphatic rings. The van der Waals surface area contributed by atoms with Crippen LogP contribution in [0, 0.1) is 12.8 Å². The highest BCUT2D eigenvalue weighted by atomic mass is 16.3. The van der Waals surface area contributed by atoms with E-state index in [1.54, 1.807) is 0 Å². The molecule has 2 aliphatic heterocycles. The van der Waals surface area contributed by atoms with Gasteiger partial charge in [-0.25, -0.2) is 4.79 Å². The normalized spacial score (nSPS) is 27.8. The summed E-state index contributed by atoms with van der Waals surface area (Å²) in [5, 5.41) is 6.31. The van der Waals surface area contributed by atoms with Gasteiger partial charge < -0.3 is 20.0 Å². The Morgan fingerprint density at radius 3 is 3.06 bits per heavy atom. The standard InChI is InChI=1S/C13H19N3O2/c1-9-2-3-12(18-9)11-8-16(13(17)15-11)7-10-4-5-14-6-10/h2-3,10-11,14H,4-8H2,1H3,(H,15,17). The molecule has 2 atom stereocenters. The topological polar surface area (TPSA) is 57.5 Å². The minimum absolute atomic E-state index is 0.000521. The van der Waals surface area contributed by atoms with Crippen LogP contribution >= 0.6 is 0 Å². The maximum atomic E-state index is 11.9. The van der Waals surface area contributed by atoms with Crippen LogP contribution in [0.2, 0.25) is 0 Å². The molecule has 1 aromatic rings. The zero-order valence-electron chi connectivity index (χ0n) is 10.6. The molecule has 98 valence electrons. The van der Waals surface area contributed by atoms with E-state index in [4.69, 9.17) is 4.42 Å². The molecule has 2 saturated heterocycles. The largest absolute Gasteiger partial charge is 0.464 e. The maximum absolute atomic E-state index is 11.9. The van der Waals surface area contributed by atoms with Crippen molar-refractivity contribution in [2.75, 3.05) is 26.2 Å². The molecule has 5 nitrogen and oxygen atoms in total. The Morgan fingerprint density at radius 1 is 1.50 bits per heavy atom. The van der Waals surface area contributed by atoms with Crippen molar-refractivity contribution in [2.24, 2.45) is 5.92 Å². The second-order valence-corrected chi connectivity index (χ2v) is 5.21. The van der Waals surface area contributed by atoms with Gasteiger partial charge in [-0.2, -0.15) is 0 Å². The van der Waals surface area contributed by atoms with E-state index < -0.39 is 0 Å². The van der Waals surface area contributed by atoms with Crippen LogP contribution in [0.4, 0.5) is 4.79 Å². The molecular weight excluding hydrogens is 230 g/mol. The lowest BCUT2D eigenvalue weighted by Crippen LogP contribution is -2.33. The number of nitrogens with zero attached hydrogens (tertiary/aromatic N) is 1. The molecule has 0 radical (unpaired) electrons. The average Bonchev–Trinajstić information content (AvgIpc) is 3.03. The monoisotopic (exact) mass is 249 g/mol. The number of hydrogen-bond acceptors (Lipinski definition) is 3. The molecule has 18 heavy (non-hydrogen) atoms. The number of carbonyl (C=O) groups excluding carboxylic acids is 1. The molecule has 5 heteroatoms. The van der Waals surface area contributed by atoms with Gasteiger partial charge in [0.15, 0.2) is 0 Å². The van der Waals surface area contributed by atoms with E-state index in [-0.39, 0.29) is 12.1 Å². The average molecular weight is 249 g/mol. The molecule has 2 unspecified atom stereocenters.